The first kappa shape index (κ1) is 29.2. The van der Waals surface area contributed by atoms with Crippen molar-refractivity contribution in [2.24, 2.45) is 0 Å². The Morgan fingerprint density at radius 1 is 0.690 bits per heavy atom. The summed E-state index contributed by atoms with van der Waals surface area (Å²) >= 11 is 0. The molecule has 2 atom stereocenters. The van der Waals surface area contributed by atoms with E-state index in [0.717, 1.165) is 30.1 Å². The van der Waals surface area contributed by atoms with E-state index in [2.05, 4.69) is 5.32 Å². The number of ether oxygens (including phenoxy) is 8. The lowest BCUT2D eigenvalue weighted by molar-refractivity contribution is -0.111. The normalized spacial score (nSPS) is 17.2. The SMILES string of the molecule is O=C(C=Cc1ccc(OCOCC2CO2)cc1)Nc1ccc(OCOC=Cc2ccc(OCOCC3CO3)cc2)cc1. The van der Waals surface area contributed by atoms with E-state index in [1.165, 1.54) is 6.08 Å². The molecule has 0 spiro atoms. The van der Waals surface area contributed by atoms with Crippen LogP contribution in [0.2, 0.25) is 0 Å². The first-order valence-electron chi connectivity index (χ1n) is 13.5. The minimum atomic E-state index is -0.246. The molecule has 42 heavy (non-hydrogen) atoms. The van der Waals surface area contributed by atoms with E-state index in [1.54, 1.807) is 36.6 Å². The second kappa shape index (κ2) is 15.6. The zero-order chi connectivity index (χ0) is 28.8. The summed E-state index contributed by atoms with van der Waals surface area (Å²) in [6, 6.07) is 22.0. The van der Waals surface area contributed by atoms with Gasteiger partial charge < -0.3 is 43.2 Å². The number of amides is 1. The fourth-order valence-electron chi connectivity index (χ4n) is 3.52. The van der Waals surface area contributed by atoms with E-state index in [0.29, 0.717) is 30.4 Å². The molecular formula is C32H33NO9. The van der Waals surface area contributed by atoms with Gasteiger partial charge in [0.2, 0.25) is 12.7 Å². The summed E-state index contributed by atoms with van der Waals surface area (Å²) in [5.74, 6) is 1.78. The van der Waals surface area contributed by atoms with Crippen molar-refractivity contribution in [3.63, 3.8) is 0 Å². The molecule has 0 aromatic heterocycles. The van der Waals surface area contributed by atoms with Gasteiger partial charge in [0.25, 0.3) is 0 Å². The third-order valence-corrected chi connectivity index (χ3v) is 5.99. The smallest absolute Gasteiger partial charge is 0.248 e. The zero-order valence-electron chi connectivity index (χ0n) is 23.0. The lowest BCUT2D eigenvalue weighted by Crippen LogP contribution is -2.08. The van der Waals surface area contributed by atoms with Gasteiger partial charge in [-0.05, 0) is 71.8 Å². The van der Waals surface area contributed by atoms with Crippen molar-refractivity contribution in [3.8, 4) is 17.2 Å². The van der Waals surface area contributed by atoms with Crippen LogP contribution in [0.4, 0.5) is 5.69 Å². The molecule has 2 saturated heterocycles. The van der Waals surface area contributed by atoms with Gasteiger partial charge in [-0.3, -0.25) is 4.79 Å². The predicted molar refractivity (Wildman–Crippen MR) is 155 cm³/mol. The number of nitrogens with one attached hydrogen (secondary N) is 1. The molecule has 1 N–H and O–H groups in total. The number of carbonyl (C=O) groups is 1. The average molecular weight is 576 g/mol. The van der Waals surface area contributed by atoms with Gasteiger partial charge in [-0.15, -0.1) is 0 Å². The Kier molecular flexibility index (Phi) is 10.8. The number of carbonyl (C=O) groups excluding carboxylic acids is 1. The van der Waals surface area contributed by atoms with Gasteiger partial charge in [-0.2, -0.15) is 0 Å². The third kappa shape index (κ3) is 10.9. The summed E-state index contributed by atoms with van der Waals surface area (Å²) in [5.41, 5.74) is 2.47. The number of hydrogen-bond acceptors (Lipinski definition) is 9. The minimum absolute atomic E-state index is 0.0421. The Labute approximate surface area is 244 Å². The van der Waals surface area contributed by atoms with E-state index in [-0.39, 0.29) is 38.5 Å². The molecule has 0 saturated carbocycles. The number of benzene rings is 3. The summed E-state index contributed by atoms with van der Waals surface area (Å²) in [4.78, 5) is 12.3. The van der Waals surface area contributed by atoms with Crippen molar-refractivity contribution < 1.29 is 42.7 Å². The van der Waals surface area contributed by atoms with Crippen LogP contribution in [-0.2, 0) is 28.5 Å². The molecule has 2 aliphatic rings. The fourth-order valence-corrected chi connectivity index (χ4v) is 3.52. The Bertz CT molecular complexity index is 1300. The number of rotatable bonds is 18. The molecule has 10 nitrogen and oxygen atoms in total. The number of epoxide rings is 2. The summed E-state index contributed by atoms with van der Waals surface area (Å²) in [5, 5.41) is 2.82. The molecule has 3 aromatic carbocycles. The maximum atomic E-state index is 12.3. The molecular weight excluding hydrogens is 542 g/mol. The summed E-state index contributed by atoms with van der Waals surface area (Å²) in [6.45, 7) is 3.03. The molecule has 2 fully saturated rings. The first-order chi connectivity index (χ1) is 20.7. The van der Waals surface area contributed by atoms with Crippen LogP contribution in [0.25, 0.3) is 12.2 Å². The van der Waals surface area contributed by atoms with Gasteiger partial charge in [-0.1, -0.05) is 24.3 Å². The maximum Gasteiger partial charge on any atom is 0.248 e. The van der Waals surface area contributed by atoms with Gasteiger partial charge in [0.1, 0.15) is 29.5 Å². The zero-order valence-corrected chi connectivity index (χ0v) is 23.0. The molecule has 0 aliphatic carbocycles. The highest BCUT2D eigenvalue weighted by atomic mass is 16.7. The predicted octanol–water partition coefficient (Wildman–Crippen LogP) is 4.87. The first-order valence-corrected chi connectivity index (χ1v) is 13.5. The fraction of sp³-hybridized carbons (Fsp3) is 0.281. The standard InChI is InChI=1S/C32H33NO9/c34-32(14-5-24-1-8-27(9-2-24)41-22-36-17-30-19-38-30)33-26-6-12-29(13-7-26)40-21-35-16-15-25-3-10-28(11-4-25)42-23-37-18-31-20-39-31/h1-16,30-31H,17-23H2,(H,33,34). The molecule has 0 bridgehead atoms. The van der Waals surface area contributed by atoms with Crippen LogP contribution in [0.5, 0.6) is 17.2 Å². The Morgan fingerprint density at radius 2 is 1.17 bits per heavy atom. The second-order valence-electron chi connectivity index (χ2n) is 9.39. The summed E-state index contributed by atoms with van der Waals surface area (Å²) in [7, 11) is 0. The van der Waals surface area contributed by atoms with Gasteiger partial charge >= 0.3 is 0 Å². The van der Waals surface area contributed by atoms with Crippen LogP contribution in [0.3, 0.4) is 0 Å². The van der Waals surface area contributed by atoms with Crippen molar-refractivity contribution in [1.29, 1.82) is 0 Å². The van der Waals surface area contributed by atoms with Crippen molar-refractivity contribution in [2.75, 3.05) is 52.1 Å². The van der Waals surface area contributed by atoms with Gasteiger partial charge in [0.15, 0.2) is 13.6 Å². The minimum Gasteiger partial charge on any atom is -0.468 e. The second-order valence-corrected chi connectivity index (χ2v) is 9.39. The Morgan fingerprint density at radius 3 is 1.69 bits per heavy atom. The molecule has 0 radical (unpaired) electrons. The van der Waals surface area contributed by atoms with Crippen LogP contribution in [0.15, 0.2) is 85.1 Å². The van der Waals surface area contributed by atoms with E-state index in [1.807, 2.05) is 54.6 Å². The molecule has 2 heterocycles. The van der Waals surface area contributed by atoms with Crippen LogP contribution < -0.4 is 19.5 Å². The lowest BCUT2D eigenvalue weighted by Gasteiger charge is -2.08. The molecule has 5 rings (SSSR count). The van der Waals surface area contributed by atoms with E-state index in [4.69, 9.17) is 37.9 Å². The van der Waals surface area contributed by atoms with Crippen molar-refractivity contribution in [2.45, 2.75) is 12.2 Å². The maximum absolute atomic E-state index is 12.3. The quantitative estimate of drug-likeness (QED) is 0.0747. The Hall–Kier alpha value is -4.35. The van der Waals surface area contributed by atoms with Crippen LogP contribution in [0, 0.1) is 0 Å². The topological polar surface area (TPSA) is 110 Å². The van der Waals surface area contributed by atoms with Crippen LogP contribution in [0.1, 0.15) is 11.1 Å². The largest absolute Gasteiger partial charge is 0.468 e. The number of anilines is 1. The van der Waals surface area contributed by atoms with E-state index < -0.39 is 0 Å². The third-order valence-electron chi connectivity index (χ3n) is 5.99. The summed E-state index contributed by atoms with van der Waals surface area (Å²) < 4.78 is 42.9. The van der Waals surface area contributed by atoms with E-state index >= 15 is 0 Å². The van der Waals surface area contributed by atoms with Crippen molar-refractivity contribution in [3.05, 3.63) is 96.3 Å². The molecule has 2 unspecified atom stereocenters. The van der Waals surface area contributed by atoms with Crippen molar-refractivity contribution in [1.82, 2.24) is 0 Å². The molecule has 1 amide bonds. The number of hydrogen-bond donors (Lipinski definition) is 1. The highest BCUT2D eigenvalue weighted by molar-refractivity contribution is 6.01. The molecule has 3 aromatic rings. The van der Waals surface area contributed by atoms with Gasteiger partial charge in [0.05, 0.1) is 32.7 Å². The lowest BCUT2D eigenvalue weighted by atomic mass is 10.2. The van der Waals surface area contributed by atoms with Crippen LogP contribution in [-0.4, -0.2) is 64.9 Å². The molecule has 2 aliphatic heterocycles. The van der Waals surface area contributed by atoms with Gasteiger partial charge in [-0.25, -0.2) is 0 Å². The highest BCUT2D eigenvalue weighted by Gasteiger charge is 2.22. The highest BCUT2D eigenvalue weighted by Crippen LogP contribution is 2.18. The Balaban J connectivity index is 0.945. The molecule has 220 valence electrons. The van der Waals surface area contributed by atoms with Gasteiger partial charge in [0, 0.05) is 11.8 Å². The van der Waals surface area contributed by atoms with E-state index in [9.17, 15) is 4.79 Å². The molecule has 10 heteroatoms. The average Bonchev–Trinajstić information content (AvgIpc) is 3.95. The monoisotopic (exact) mass is 575 g/mol. The summed E-state index contributed by atoms with van der Waals surface area (Å²) in [6.07, 6.45) is 7.03. The van der Waals surface area contributed by atoms with Crippen molar-refractivity contribution >= 4 is 23.7 Å². The van der Waals surface area contributed by atoms with Crippen LogP contribution >= 0.6 is 0 Å².